The van der Waals surface area contributed by atoms with Gasteiger partial charge in [-0.15, -0.1) is 0 Å². The zero-order valence-electron chi connectivity index (χ0n) is 8.87. The van der Waals surface area contributed by atoms with Crippen LogP contribution in [0.15, 0.2) is 21.2 Å². The molecular formula is C10H15BrN2O2. The summed E-state index contributed by atoms with van der Waals surface area (Å²) in [4.78, 5) is 13.2. The molecule has 0 aromatic carbocycles. The first kappa shape index (κ1) is 12.3. The SMILES string of the molecule is CC[C@@H](N)C(=O)N(C)Cc1ccc(Br)o1. The molecule has 0 spiro atoms. The van der Waals surface area contributed by atoms with Gasteiger partial charge >= 0.3 is 0 Å². The van der Waals surface area contributed by atoms with E-state index in [9.17, 15) is 4.79 Å². The molecule has 0 aliphatic carbocycles. The lowest BCUT2D eigenvalue weighted by molar-refractivity contribution is -0.132. The third-order valence-electron chi connectivity index (χ3n) is 2.16. The number of carbonyl (C=O) groups excluding carboxylic acids is 1. The summed E-state index contributed by atoms with van der Waals surface area (Å²) >= 11 is 3.21. The van der Waals surface area contributed by atoms with E-state index in [-0.39, 0.29) is 5.91 Å². The Morgan fingerprint density at radius 1 is 1.67 bits per heavy atom. The molecule has 1 aromatic rings. The van der Waals surface area contributed by atoms with E-state index in [2.05, 4.69) is 15.9 Å². The zero-order valence-corrected chi connectivity index (χ0v) is 10.5. The average molecular weight is 275 g/mol. The number of halogens is 1. The summed E-state index contributed by atoms with van der Waals surface area (Å²) in [6, 6.07) is 3.20. The molecule has 2 N–H and O–H groups in total. The molecule has 0 unspecified atom stereocenters. The third kappa shape index (κ3) is 3.35. The Bertz CT molecular complexity index is 338. The second kappa shape index (κ2) is 5.32. The van der Waals surface area contributed by atoms with Crippen LogP contribution >= 0.6 is 15.9 Å². The van der Waals surface area contributed by atoms with Crippen molar-refractivity contribution in [3.63, 3.8) is 0 Å². The molecule has 1 rings (SSSR count). The molecule has 0 saturated heterocycles. The van der Waals surface area contributed by atoms with Crippen molar-refractivity contribution in [1.82, 2.24) is 4.90 Å². The molecule has 0 radical (unpaired) electrons. The Morgan fingerprint density at radius 2 is 2.33 bits per heavy atom. The summed E-state index contributed by atoms with van der Waals surface area (Å²) in [6.45, 7) is 2.33. The highest BCUT2D eigenvalue weighted by molar-refractivity contribution is 9.10. The fraction of sp³-hybridized carbons (Fsp3) is 0.500. The van der Waals surface area contributed by atoms with E-state index in [1.54, 1.807) is 18.0 Å². The summed E-state index contributed by atoms with van der Waals surface area (Å²) in [6.07, 6.45) is 0.644. The molecule has 1 aromatic heterocycles. The van der Waals surface area contributed by atoms with Crippen LogP contribution in [-0.2, 0) is 11.3 Å². The normalized spacial score (nSPS) is 12.5. The Hall–Kier alpha value is -0.810. The minimum atomic E-state index is -0.423. The molecule has 1 heterocycles. The molecule has 5 heteroatoms. The Labute approximate surface area is 97.5 Å². The predicted molar refractivity (Wildman–Crippen MR) is 61.1 cm³/mol. The van der Waals surface area contributed by atoms with Crippen LogP contribution in [-0.4, -0.2) is 23.9 Å². The number of amides is 1. The molecule has 4 nitrogen and oxygen atoms in total. The molecule has 0 fully saturated rings. The molecule has 0 bridgehead atoms. The van der Waals surface area contributed by atoms with Crippen molar-refractivity contribution >= 4 is 21.8 Å². The second-order valence-electron chi connectivity index (χ2n) is 3.41. The van der Waals surface area contributed by atoms with Crippen molar-refractivity contribution in [2.45, 2.75) is 25.9 Å². The molecule has 0 aliphatic rings. The van der Waals surface area contributed by atoms with Gasteiger partial charge in [0.1, 0.15) is 5.76 Å². The molecule has 15 heavy (non-hydrogen) atoms. The maximum absolute atomic E-state index is 11.6. The lowest BCUT2D eigenvalue weighted by atomic mass is 10.2. The number of nitrogens with zero attached hydrogens (tertiary/aromatic N) is 1. The number of likely N-dealkylation sites (N-methyl/N-ethyl adjacent to an activating group) is 1. The van der Waals surface area contributed by atoms with Gasteiger partial charge < -0.3 is 15.1 Å². The highest BCUT2D eigenvalue weighted by Gasteiger charge is 2.17. The number of nitrogens with two attached hydrogens (primary N) is 1. The van der Waals surface area contributed by atoms with Gasteiger partial charge in [-0.25, -0.2) is 0 Å². The monoisotopic (exact) mass is 274 g/mol. The summed E-state index contributed by atoms with van der Waals surface area (Å²) < 4.78 is 5.96. The zero-order chi connectivity index (χ0) is 11.4. The smallest absolute Gasteiger partial charge is 0.239 e. The minimum absolute atomic E-state index is 0.0648. The van der Waals surface area contributed by atoms with E-state index in [4.69, 9.17) is 10.2 Å². The van der Waals surface area contributed by atoms with E-state index >= 15 is 0 Å². The second-order valence-corrected chi connectivity index (χ2v) is 4.20. The first-order chi connectivity index (χ1) is 7.04. The molecule has 0 saturated carbocycles. The van der Waals surface area contributed by atoms with Crippen molar-refractivity contribution in [1.29, 1.82) is 0 Å². The van der Waals surface area contributed by atoms with Gasteiger partial charge in [-0.1, -0.05) is 6.92 Å². The van der Waals surface area contributed by atoms with Crippen LogP contribution in [0.2, 0.25) is 0 Å². The Balaban J connectivity index is 2.55. The molecular weight excluding hydrogens is 260 g/mol. The summed E-state index contributed by atoms with van der Waals surface area (Å²) in [5.41, 5.74) is 5.65. The number of furan rings is 1. The van der Waals surface area contributed by atoms with E-state index < -0.39 is 6.04 Å². The average Bonchev–Trinajstić information content (AvgIpc) is 2.61. The third-order valence-corrected chi connectivity index (χ3v) is 2.58. The topological polar surface area (TPSA) is 59.5 Å². The van der Waals surface area contributed by atoms with E-state index in [1.165, 1.54) is 0 Å². The standard InChI is InChI=1S/C10H15BrN2O2/c1-3-8(12)10(14)13(2)6-7-4-5-9(11)15-7/h4-5,8H,3,6,12H2,1-2H3/t8-/m1/s1. The van der Waals surface area contributed by atoms with E-state index in [0.717, 1.165) is 5.76 Å². The molecule has 1 atom stereocenters. The van der Waals surface area contributed by atoms with Gasteiger partial charge in [0.2, 0.25) is 5.91 Å². The van der Waals surface area contributed by atoms with Gasteiger partial charge in [0, 0.05) is 7.05 Å². The highest BCUT2D eigenvalue weighted by Crippen LogP contribution is 2.15. The lowest BCUT2D eigenvalue weighted by Gasteiger charge is -2.19. The largest absolute Gasteiger partial charge is 0.452 e. The highest BCUT2D eigenvalue weighted by atomic mass is 79.9. The first-order valence-corrected chi connectivity index (χ1v) is 5.58. The van der Waals surface area contributed by atoms with Gasteiger partial charge in [0.25, 0.3) is 0 Å². The van der Waals surface area contributed by atoms with Crippen molar-refractivity contribution in [2.75, 3.05) is 7.05 Å². The maximum atomic E-state index is 11.6. The first-order valence-electron chi connectivity index (χ1n) is 4.79. The molecule has 0 aliphatic heterocycles. The predicted octanol–water partition coefficient (Wildman–Crippen LogP) is 1.74. The van der Waals surface area contributed by atoms with Gasteiger partial charge in [0.05, 0.1) is 12.6 Å². The minimum Gasteiger partial charge on any atom is -0.452 e. The van der Waals surface area contributed by atoms with E-state index in [0.29, 0.717) is 17.6 Å². The fourth-order valence-corrected chi connectivity index (χ4v) is 1.55. The van der Waals surface area contributed by atoms with Crippen molar-refractivity contribution in [2.24, 2.45) is 5.73 Å². The van der Waals surface area contributed by atoms with Gasteiger partial charge in [-0.2, -0.15) is 0 Å². The van der Waals surface area contributed by atoms with Crippen LogP contribution in [0.25, 0.3) is 0 Å². The van der Waals surface area contributed by atoms with Crippen LogP contribution in [0.3, 0.4) is 0 Å². The van der Waals surface area contributed by atoms with Crippen molar-refractivity contribution < 1.29 is 9.21 Å². The number of hydrogen-bond donors (Lipinski definition) is 1. The van der Waals surface area contributed by atoms with Gasteiger partial charge in [0.15, 0.2) is 4.67 Å². The van der Waals surface area contributed by atoms with Crippen LogP contribution in [0.5, 0.6) is 0 Å². The number of hydrogen-bond acceptors (Lipinski definition) is 3. The molecule has 84 valence electrons. The van der Waals surface area contributed by atoms with Gasteiger partial charge in [-0.3, -0.25) is 4.79 Å². The van der Waals surface area contributed by atoms with Crippen LogP contribution in [0, 0.1) is 0 Å². The Morgan fingerprint density at radius 3 is 2.80 bits per heavy atom. The fourth-order valence-electron chi connectivity index (χ4n) is 1.21. The Kier molecular flexibility index (Phi) is 4.35. The summed E-state index contributed by atoms with van der Waals surface area (Å²) in [5, 5.41) is 0. The van der Waals surface area contributed by atoms with Crippen LogP contribution in [0.4, 0.5) is 0 Å². The summed E-state index contributed by atoms with van der Waals surface area (Å²) in [5.74, 6) is 0.672. The maximum Gasteiger partial charge on any atom is 0.239 e. The van der Waals surface area contributed by atoms with Gasteiger partial charge in [-0.05, 0) is 34.5 Å². The number of carbonyl (C=O) groups is 1. The van der Waals surface area contributed by atoms with Crippen molar-refractivity contribution in [3.05, 3.63) is 22.6 Å². The summed E-state index contributed by atoms with van der Waals surface area (Å²) in [7, 11) is 1.72. The van der Waals surface area contributed by atoms with Crippen LogP contribution < -0.4 is 5.73 Å². The quantitative estimate of drug-likeness (QED) is 0.910. The lowest BCUT2D eigenvalue weighted by Crippen LogP contribution is -2.40. The van der Waals surface area contributed by atoms with Crippen molar-refractivity contribution in [3.8, 4) is 0 Å². The number of rotatable bonds is 4. The van der Waals surface area contributed by atoms with E-state index in [1.807, 2.05) is 13.0 Å². The molecule has 1 amide bonds. The van der Waals surface area contributed by atoms with Crippen LogP contribution in [0.1, 0.15) is 19.1 Å².